The number of carbonyl (C=O) groups excluding carboxylic acids is 4. The second-order valence-corrected chi connectivity index (χ2v) is 15.5. The number of carboxylic acids is 1. The first-order valence-corrected chi connectivity index (χ1v) is 19.3. The Morgan fingerprint density at radius 1 is 0.833 bits per heavy atom. The smallest absolute Gasteiger partial charge is 0.337 e. The Morgan fingerprint density at radius 2 is 1.50 bits per heavy atom. The van der Waals surface area contributed by atoms with Gasteiger partial charge in [-0.2, -0.15) is 0 Å². The Hall–Kier alpha value is -5.29. The van der Waals surface area contributed by atoms with Crippen LogP contribution < -0.4 is 10.6 Å². The van der Waals surface area contributed by atoms with Crippen LogP contribution in [-0.2, 0) is 46.6 Å². The summed E-state index contributed by atoms with van der Waals surface area (Å²) < 4.78 is 4.77. The number of benzene rings is 3. The van der Waals surface area contributed by atoms with Gasteiger partial charge in [-0.05, 0) is 124 Å². The zero-order valence-electron chi connectivity index (χ0n) is 31.5. The lowest BCUT2D eigenvalue weighted by Gasteiger charge is -2.25. The third-order valence-electron chi connectivity index (χ3n) is 9.87. The number of carbonyl (C=O) groups is 5. The van der Waals surface area contributed by atoms with Gasteiger partial charge in [0.25, 0.3) is 11.8 Å². The van der Waals surface area contributed by atoms with Crippen LogP contribution in [-0.4, -0.2) is 53.3 Å². The highest BCUT2D eigenvalue weighted by atomic mass is 32.1. The molecule has 0 aliphatic heterocycles. The number of aliphatic carboxylic acids is 1. The van der Waals surface area contributed by atoms with Crippen LogP contribution in [0.15, 0.2) is 72.8 Å². The van der Waals surface area contributed by atoms with Crippen molar-refractivity contribution in [1.29, 1.82) is 0 Å². The van der Waals surface area contributed by atoms with E-state index in [0.717, 1.165) is 72.1 Å². The number of thiophene rings is 1. The van der Waals surface area contributed by atoms with E-state index in [1.165, 1.54) is 18.4 Å². The van der Waals surface area contributed by atoms with E-state index in [9.17, 15) is 29.1 Å². The van der Waals surface area contributed by atoms with Gasteiger partial charge in [-0.1, -0.05) is 43.3 Å². The molecule has 3 N–H and O–H groups in total. The molecule has 0 fully saturated rings. The Kier molecular flexibility index (Phi) is 13.4. The number of carboxylic acid groups (broad SMARTS) is 1. The Labute approximate surface area is 320 Å². The molecule has 4 aromatic rings. The van der Waals surface area contributed by atoms with E-state index in [1.54, 1.807) is 49.1 Å². The van der Waals surface area contributed by atoms with Gasteiger partial charge in [-0.3, -0.25) is 19.2 Å². The lowest BCUT2D eigenvalue weighted by molar-refractivity contribution is -0.147. The van der Waals surface area contributed by atoms with Crippen molar-refractivity contribution < 1.29 is 33.8 Å². The van der Waals surface area contributed by atoms with Gasteiger partial charge in [-0.15, -0.1) is 11.3 Å². The number of nitrogens with one attached hydrogen (secondary N) is 2. The van der Waals surface area contributed by atoms with E-state index in [4.69, 9.17) is 4.74 Å². The third kappa shape index (κ3) is 10.2. The van der Waals surface area contributed by atoms with Crippen LogP contribution in [0, 0.1) is 5.41 Å². The zero-order valence-corrected chi connectivity index (χ0v) is 32.3. The molecular weight excluding hydrogens is 703 g/mol. The summed E-state index contributed by atoms with van der Waals surface area (Å²) in [5.41, 5.74) is 5.07. The van der Waals surface area contributed by atoms with Crippen LogP contribution in [0.2, 0.25) is 0 Å². The van der Waals surface area contributed by atoms with Crippen molar-refractivity contribution >= 4 is 51.7 Å². The van der Waals surface area contributed by atoms with Gasteiger partial charge in [0, 0.05) is 35.6 Å². The maximum atomic E-state index is 13.9. The van der Waals surface area contributed by atoms with Gasteiger partial charge in [-0.25, -0.2) is 4.79 Å². The van der Waals surface area contributed by atoms with Crippen LogP contribution in [0.25, 0.3) is 0 Å². The first-order valence-electron chi connectivity index (χ1n) is 18.5. The highest BCUT2D eigenvalue weighted by Gasteiger charge is 2.29. The first-order chi connectivity index (χ1) is 25.9. The fourth-order valence-corrected chi connectivity index (χ4v) is 7.79. The lowest BCUT2D eigenvalue weighted by Crippen LogP contribution is -2.33. The van der Waals surface area contributed by atoms with Gasteiger partial charge >= 0.3 is 11.9 Å². The number of fused-ring (bicyclic) bond motifs is 1. The molecule has 0 unspecified atom stereocenters. The third-order valence-corrected chi connectivity index (χ3v) is 11.1. The topological polar surface area (TPSA) is 142 Å². The molecule has 0 atom stereocenters. The minimum Gasteiger partial charge on any atom is -0.481 e. The van der Waals surface area contributed by atoms with Crippen molar-refractivity contribution in [2.24, 2.45) is 5.41 Å². The number of ether oxygens (including phenoxy) is 1. The minimum absolute atomic E-state index is 0.118. The average molecular weight is 752 g/mol. The Balaban J connectivity index is 1.25. The molecule has 0 radical (unpaired) electrons. The van der Waals surface area contributed by atoms with Crippen molar-refractivity contribution in [2.45, 2.75) is 85.1 Å². The number of nitrogens with zero attached hydrogens (tertiary/aromatic N) is 1. The van der Waals surface area contributed by atoms with Crippen molar-refractivity contribution in [3.05, 3.63) is 117 Å². The molecule has 0 saturated heterocycles. The van der Waals surface area contributed by atoms with Gasteiger partial charge in [0.2, 0.25) is 5.91 Å². The van der Waals surface area contributed by atoms with E-state index < -0.39 is 11.4 Å². The van der Waals surface area contributed by atoms with Gasteiger partial charge in [0.15, 0.2) is 0 Å². The number of aryl methyl sites for hydroxylation is 3. The number of hydrogen-bond donors (Lipinski definition) is 3. The molecular formula is C43H49N3O7S. The zero-order chi connectivity index (χ0) is 38.8. The second-order valence-electron chi connectivity index (χ2n) is 14.4. The fourth-order valence-electron chi connectivity index (χ4n) is 6.51. The van der Waals surface area contributed by atoms with Crippen molar-refractivity contribution in [1.82, 2.24) is 4.90 Å². The molecule has 284 valence electrons. The monoisotopic (exact) mass is 751 g/mol. The molecule has 11 heteroatoms. The molecule has 54 heavy (non-hydrogen) atoms. The highest BCUT2D eigenvalue weighted by molar-refractivity contribution is 7.17. The number of esters is 1. The summed E-state index contributed by atoms with van der Waals surface area (Å²) in [4.78, 5) is 66.8. The maximum Gasteiger partial charge on any atom is 0.337 e. The molecule has 0 bridgehead atoms. The van der Waals surface area contributed by atoms with Crippen LogP contribution >= 0.6 is 11.3 Å². The molecule has 3 amide bonds. The van der Waals surface area contributed by atoms with E-state index in [1.807, 2.05) is 49.4 Å². The molecule has 1 aliphatic carbocycles. The van der Waals surface area contributed by atoms with Crippen molar-refractivity contribution in [3.63, 3.8) is 0 Å². The van der Waals surface area contributed by atoms with Gasteiger partial charge < -0.3 is 25.4 Å². The van der Waals surface area contributed by atoms with E-state index in [2.05, 4.69) is 10.6 Å². The molecule has 1 aromatic heterocycles. The number of rotatable bonds is 16. The minimum atomic E-state index is -1.00. The van der Waals surface area contributed by atoms with Crippen molar-refractivity contribution in [2.75, 3.05) is 24.3 Å². The van der Waals surface area contributed by atoms with Crippen LogP contribution in [0.1, 0.15) is 111 Å². The molecule has 0 saturated carbocycles. The summed E-state index contributed by atoms with van der Waals surface area (Å²) in [7, 11) is 1.36. The molecule has 10 nitrogen and oxygen atoms in total. The molecule has 0 spiro atoms. The summed E-state index contributed by atoms with van der Waals surface area (Å²) in [6, 6.07) is 22.2. The average Bonchev–Trinajstić information content (AvgIpc) is 3.54. The van der Waals surface area contributed by atoms with E-state index in [-0.39, 0.29) is 36.5 Å². The Bertz CT molecular complexity index is 1980. The van der Waals surface area contributed by atoms with E-state index >= 15 is 0 Å². The molecule has 3 aromatic carbocycles. The number of amides is 3. The highest BCUT2D eigenvalue weighted by Crippen LogP contribution is 2.39. The summed E-state index contributed by atoms with van der Waals surface area (Å²) >= 11 is 1.46. The van der Waals surface area contributed by atoms with Crippen LogP contribution in [0.3, 0.4) is 0 Å². The fraction of sp³-hybridized carbons (Fsp3) is 0.372. The van der Waals surface area contributed by atoms with Gasteiger partial charge in [0.1, 0.15) is 5.00 Å². The summed E-state index contributed by atoms with van der Waals surface area (Å²) in [6.45, 7) is 6.02. The normalized spacial score (nSPS) is 12.4. The lowest BCUT2D eigenvalue weighted by atomic mass is 9.88. The summed E-state index contributed by atoms with van der Waals surface area (Å²) in [6.07, 6.45) is 6.30. The summed E-state index contributed by atoms with van der Waals surface area (Å²) in [5, 5.41) is 16.1. The standard InChI is InChI=1S/C43H49N3O7S/c1-5-25-46(36(47)23-24-43(2,3)42(51)52)27-30-9-8-10-32(26-30)38(48)45-40-37(34-11-6-7-12-35(34)54-40)39(49)44-33-21-17-29(18-22-33)14-13-28-15-19-31(20-16-28)41(50)53-4/h8-10,15-22,26H,5-7,11-14,23-25,27H2,1-4H3,(H,44,49)(H,45,48)(H,51,52). The number of anilines is 2. The largest absolute Gasteiger partial charge is 0.481 e. The van der Waals surface area contributed by atoms with Crippen LogP contribution in [0.4, 0.5) is 10.7 Å². The second kappa shape index (κ2) is 18.2. The summed E-state index contributed by atoms with van der Waals surface area (Å²) in [5.74, 6) is -2.03. The number of methoxy groups -OCH3 is 1. The molecule has 1 aliphatic rings. The van der Waals surface area contributed by atoms with Crippen LogP contribution in [0.5, 0.6) is 0 Å². The SMILES string of the molecule is CCCN(Cc1cccc(C(=O)Nc2sc3c(c2C(=O)Nc2ccc(CCc4ccc(C(=O)OC)cc4)cc2)CCCC3)c1)C(=O)CCC(C)(C)C(=O)O. The van der Waals surface area contributed by atoms with E-state index in [0.29, 0.717) is 40.5 Å². The predicted octanol–water partition coefficient (Wildman–Crippen LogP) is 8.33. The van der Waals surface area contributed by atoms with Gasteiger partial charge in [0.05, 0.1) is 23.7 Å². The number of hydrogen-bond acceptors (Lipinski definition) is 7. The Morgan fingerprint density at radius 3 is 2.15 bits per heavy atom. The molecule has 5 rings (SSSR count). The molecule has 1 heterocycles. The predicted molar refractivity (Wildman–Crippen MR) is 211 cm³/mol. The first kappa shape index (κ1) is 39.9. The maximum absolute atomic E-state index is 13.9. The quantitative estimate of drug-likeness (QED) is 0.0978. The van der Waals surface area contributed by atoms with Crippen molar-refractivity contribution in [3.8, 4) is 0 Å².